The minimum atomic E-state index is -0.701. The molecule has 1 atom stereocenters. The third kappa shape index (κ3) is 4.47. The first kappa shape index (κ1) is 20.6. The van der Waals surface area contributed by atoms with E-state index in [1.807, 2.05) is 39.0 Å². The molecule has 6 heteroatoms. The fourth-order valence-corrected chi connectivity index (χ4v) is 3.32. The monoisotopic (exact) mass is 394 g/mol. The zero-order valence-electron chi connectivity index (χ0n) is 17.2. The van der Waals surface area contributed by atoms with E-state index in [9.17, 15) is 14.4 Å². The predicted molar refractivity (Wildman–Crippen MR) is 113 cm³/mol. The lowest BCUT2D eigenvalue weighted by Gasteiger charge is -2.33. The normalized spacial score (nSPS) is 15.5. The van der Waals surface area contributed by atoms with Crippen LogP contribution in [0.25, 0.3) is 0 Å². The number of carbonyl (C=O) groups is 3. The highest BCUT2D eigenvalue weighted by Gasteiger charge is 2.33. The molecule has 0 spiro atoms. The van der Waals surface area contributed by atoms with Gasteiger partial charge in [0.15, 0.2) is 11.9 Å². The molecule has 1 heterocycles. The fourth-order valence-electron chi connectivity index (χ4n) is 3.32. The van der Waals surface area contributed by atoms with Gasteiger partial charge in [0, 0.05) is 17.7 Å². The summed E-state index contributed by atoms with van der Waals surface area (Å²) in [6.45, 7) is 7.30. The summed E-state index contributed by atoms with van der Waals surface area (Å²) in [4.78, 5) is 39.1. The number of rotatable bonds is 6. The number of carbonyl (C=O) groups excluding carboxylic acids is 3. The Labute approximate surface area is 170 Å². The highest BCUT2D eigenvalue weighted by Crippen LogP contribution is 2.35. The molecule has 1 aliphatic rings. The number of nitrogens with zero attached hydrogens (tertiary/aromatic N) is 1. The Morgan fingerprint density at radius 3 is 2.62 bits per heavy atom. The molecule has 6 nitrogen and oxygen atoms in total. The van der Waals surface area contributed by atoms with Gasteiger partial charge in [-0.05, 0) is 62.6 Å². The van der Waals surface area contributed by atoms with Crippen LogP contribution in [0.4, 0.5) is 11.4 Å². The Morgan fingerprint density at radius 1 is 1.14 bits per heavy atom. The molecule has 2 aromatic rings. The largest absolute Gasteiger partial charge is 0.479 e. The van der Waals surface area contributed by atoms with Crippen LogP contribution in [-0.2, 0) is 9.59 Å². The van der Waals surface area contributed by atoms with Gasteiger partial charge in [0.2, 0.25) is 5.91 Å². The van der Waals surface area contributed by atoms with Crippen molar-refractivity contribution in [2.45, 2.75) is 46.6 Å². The summed E-state index contributed by atoms with van der Waals surface area (Å²) in [7, 11) is 0. The number of hydrogen-bond acceptors (Lipinski definition) is 4. The van der Waals surface area contributed by atoms with Crippen LogP contribution in [0.5, 0.6) is 5.75 Å². The molecule has 1 aliphatic heterocycles. The van der Waals surface area contributed by atoms with Crippen molar-refractivity contribution in [3.8, 4) is 5.75 Å². The number of amides is 2. The molecule has 0 radical (unpaired) electrons. The number of fused-ring (bicyclic) bond motifs is 1. The summed E-state index contributed by atoms with van der Waals surface area (Å²) < 4.78 is 5.67. The van der Waals surface area contributed by atoms with Gasteiger partial charge >= 0.3 is 0 Å². The van der Waals surface area contributed by atoms with Crippen molar-refractivity contribution in [3.05, 3.63) is 53.1 Å². The lowest BCUT2D eigenvalue weighted by Crippen LogP contribution is -2.47. The maximum Gasteiger partial charge on any atom is 0.268 e. The minimum absolute atomic E-state index is 0.00107. The summed E-state index contributed by atoms with van der Waals surface area (Å²) in [5, 5.41) is 2.88. The smallest absolute Gasteiger partial charge is 0.268 e. The second-order valence-corrected chi connectivity index (χ2v) is 7.41. The van der Waals surface area contributed by atoms with Gasteiger partial charge in [0.05, 0.1) is 5.69 Å². The van der Waals surface area contributed by atoms with E-state index in [0.717, 1.165) is 23.2 Å². The van der Waals surface area contributed by atoms with Gasteiger partial charge in [-0.2, -0.15) is 0 Å². The maximum atomic E-state index is 12.7. The van der Waals surface area contributed by atoms with Crippen LogP contribution in [0.2, 0.25) is 0 Å². The predicted octanol–water partition coefficient (Wildman–Crippen LogP) is 4.04. The Kier molecular flexibility index (Phi) is 6.01. The van der Waals surface area contributed by atoms with Gasteiger partial charge in [0.25, 0.3) is 5.91 Å². The number of benzene rings is 2. The molecule has 2 aromatic carbocycles. The highest BCUT2D eigenvalue weighted by atomic mass is 16.5. The van der Waals surface area contributed by atoms with Crippen molar-refractivity contribution < 1.29 is 19.1 Å². The van der Waals surface area contributed by atoms with Gasteiger partial charge in [0.1, 0.15) is 12.3 Å². The van der Waals surface area contributed by atoms with Crippen LogP contribution in [0.3, 0.4) is 0 Å². The summed E-state index contributed by atoms with van der Waals surface area (Å²) >= 11 is 0. The van der Waals surface area contributed by atoms with E-state index >= 15 is 0 Å². The molecule has 2 amide bonds. The third-order valence-electron chi connectivity index (χ3n) is 4.94. The van der Waals surface area contributed by atoms with Crippen LogP contribution >= 0.6 is 0 Å². The number of nitrogens with one attached hydrogen (secondary N) is 1. The van der Waals surface area contributed by atoms with Gasteiger partial charge < -0.3 is 10.1 Å². The highest BCUT2D eigenvalue weighted by molar-refractivity contribution is 6.07. The summed E-state index contributed by atoms with van der Waals surface area (Å²) in [6.07, 6.45) is 0.467. The van der Waals surface area contributed by atoms with Gasteiger partial charge in [-0.1, -0.05) is 19.1 Å². The van der Waals surface area contributed by atoms with Gasteiger partial charge in [-0.15, -0.1) is 0 Å². The number of ketones is 1. The lowest BCUT2D eigenvalue weighted by molar-refractivity contribution is -0.127. The van der Waals surface area contributed by atoms with E-state index in [2.05, 4.69) is 5.32 Å². The fraction of sp³-hybridized carbons (Fsp3) is 0.348. The van der Waals surface area contributed by atoms with E-state index in [0.29, 0.717) is 23.4 Å². The van der Waals surface area contributed by atoms with E-state index in [1.54, 1.807) is 25.1 Å². The lowest BCUT2D eigenvalue weighted by atomic mass is 10.0. The van der Waals surface area contributed by atoms with Crippen molar-refractivity contribution in [2.24, 2.45) is 0 Å². The first-order chi connectivity index (χ1) is 13.8. The summed E-state index contributed by atoms with van der Waals surface area (Å²) in [5.74, 6) is -0.128. The third-order valence-corrected chi connectivity index (χ3v) is 4.94. The van der Waals surface area contributed by atoms with E-state index in [-0.39, 0.29) is 24.1 Å². The molecule has 0 bridgehead atoms. The maximum absolute atomic E-state index is 12.7. The first-order valence-corrected chi connectivity index (χ1v) is 9.82. The van der Waals surface area contributed by atoms with Gasteiger partial charge in [-0.3, -0.25) is 19.3 Å². The second-order valence-electron chi connectivity index (χ2n) is 7.41. The molecular weight excluding hydrogens is 368 g/mol. The number of Topliss-reactive ketones (excluding diaryl/α,β-unsaturated/α-hetero) is 1. The van der Waals surface area contributed by atoms with E-state index in [1.165, 1.54) is 4.90 Å². The topological polar surface area (TPSA) is 75.7 Å². The summed E-state index contributed by atoms with van der Waals surface area (Å²) in [6, 6.07) is 10.8. The SMILES string of the molecule is CCCC(=O)c1ccc2c(c1)N(CC(=O)Nc1cc(C)ccc1C)C(=O)C(C)O2. The van der Waals surface area contributed by atoms with Crippen molar-refractivity contribution in [2.75, 3.05) is 16.8 Å². The second kappa shape index (κ2) is 8.47. The van der Waals surface area contributed by atoms with Gasteiger partial charge in [-0.25, -0.2) is 0 Å². The van der Waals surface area contributed by atoms with E-state index in [4.69, 9.17) is 4.74 Å². The molecule has 0 aliphatic carbocycles. The van der Waals surface area contributed by atoms with Crippen LogP contribution < -0.4 is 15.0 Å². The molecule has 0 saturated carbocycles. The summed E-state index contributed by atoms with van der Waals surface area (Å²) in [5.41, 5.74) is 3.66. The first-order valence-electron chi connectivity index (χ1n) is 9.82. The molecule has 0 saturated heterocycles. The quantitative estimate of drug-likeness (QED) is 0.751. The minimum Gasteiger partial charge on any atom is -0.479 e. The van der Waals surface area contributed by atoms with Crippen LogP contribution in [-0.4, -0.2) is 30.2 Å². The van der Waals surface area contributed by atoms with Crippen molar-refractivity contribution in [1.82, 2.24) is 0 Å². The van der Waals surface area contributed by atoms with Crippen molar-refractivity contribution in [1.29, 1.82) is 0 Å². The van der Waals surface area contributed by atoms with Crippen LogP contribution in [0.1, 0.15) is 48.2 Å². The molecule has 1 unspecified atom stereocenters. The Balaban J connectivity index is 1.87. The zero-order valence-corrected chi connectivity index (χ0v) is 17.2. The van der Waals surface area contributed by atoms with Crippen molar-refractivity contribution in [3.63, 3.8) is 0 Å². The average Bonchev–Trinajstić information content (AvgIpc) is 2.68. The average molecular weight is 394 g/mol. The Bertz CT molecular complexity index is 967. The molecular formula is C23H26N2O4. The molecule has 3 rings (SSSR count). The number of hydrogen-bond donors (Lipinski definition) is 1. The van der Waals surface area contributed by atoms with Crippen molar-refractivity contribution >= 4 is 29.0 Å². The molecule has 29 heavy (non-hydrogen) atoms. The van der Waals surface area contributed by atoms with Crippen LogP contribution in [0.15, 0.2) is 36.4 Å². The molecule has 1 N–H and O–H groups in total. The molecule has 152 valence electrons. The standard InChI is InChI=1S/C23H26N2O4/c1-5-6-20(26)17-9-10-21-19(12-17)25(23(28)16(4)29-21)13-22(27)24-18-11-14(2)7-8-15(18)3/h7-12,16H,5-6,13H2,1-4H3,(H,24,27). The number of aryl methyl sites for hydroxylation is 2. The zero-order chi connectivity index (χ0) is 21.1. The number of anilines is 2. The Hall–Kier alpha value is -3.15. The van der Waals surface area contributed by atoms with E-state index < -0.39 is 6.10 Å². The molecule has 0 aromatic heterocycles. The number of ether oxygens (including phenoxy) is 1. The molecule has 0 fully saturated rings. The van der Waals surface area contributed by atoms with Crippen LogP contribution in [0, 0.1) is 13.8 Å². The Morgan fingerprint density at radius 2 is 1.90 bits per heavy atom.